The smallest absolute Gasteiger partial charge is 0.334 e. The third-order valence-electron chi connectivity index (χ3n) is 6.78. The van der Waals surface area contributed by atoms with Gasteiger partial charge in [0.2, 0.25) is 12.7 Å². The number of nitrogens with zero attached hydrogens (tertiary/aromatic N) is 2. The van der Waals surface area contributed by atoms with Crippen LogP contribution in [-0.4, -0.2) is 41.6 Å². The highest BCUT2D eigenvalue weighted by molar-refractivity contribution is 6.67. The Balaban J connectivity index is 1.64. The quantitative estimate of drug-likeness (QED) is 0.330. The summed E-state index contributed by atoms with van der Waals surface area (Å²) in [4.78, 5) is 41.4. The second kappa shape index (κ2) is 10.2. The van der Waals surface area contributed by atoms with Gasteiger partial charge in [0.25, 0.3) is 5.24 Å². The summed E-state index contributed by atoms with van der Waals surface area (Å²) >= 11 is 5.54. The van der Waals surface area contributed by atoms with Crippen molar-refractivity contribution in [2.45, 2.75) is 52.7 Å². The minimum Gasteiger partial charge on any atom is -0.469 e. The molecule has 0 spiro atoms. The molecule has 0 aromatic heterocycles. The molecule has 1 fully saturated rings. The lowest BCUT2D eigenvalue weighted by molar-refractivity contribution is -0.190. The fourth-order valence-corrected chi connectivity index (χ4v) is 4.64. The Morgan fingerprint density at radius 1 is 1.09 bits per heavy atom. The van der Waals surface area contributed by atoms with E-state index >= 15 is 0 Å². The highest BCUT2D eigenvalue weighted by Gasteiger charge is 2.63. The van der Waals surface area contributed by atoms with Crippen molar-refractivity contribution in [3.63, 3.8) is 0 Å². The van der Waals surface area contributed by atoms with E-state index in [2.05, 4.69) is 0 Å². The Hall–Kier alpha value is -3.26. The van der Waals surface area contributed by atoms with Gasteiger partial charge in [0.15, 0.2) is 17.7 Å². The zero-order valence-corrected chi connectivity index (χ0v) is 20.8. The number of likely N-dealkylation sites (tertiary alicyclic amines) is 1. The third kappa shape index (κ3) is 4.43. The Morgan fingerprint density at radius 2 is 1.77 bits per heavy atom. The number of anilines is 1. The highest BCUT2D eigenvalue weighted by atomic mass is 35.5. The molecule has 186 valence electrons. The fraction of sp³-hybridized carbons (Fsp3) is 0.423. The van der Waals surface area contributed by atoms with Crippen molar-refractivity contribution >= 4 is 34.5 Å². The number of amides is 3. The largest absolute Gasteiger partial charge is 0.469 e. The molecule has 1 atom stereocenters. The Labute approximate surface area is 209 Å². The van der Waals surface area contributed by atoms with E-state index in [4.69, 9.17) is 25.8 Å². The zero-order chi connectivity index (χ0) is 25.2. The van der Waals surface area contributed by atoms with Crippen LogP contribution in [0.4, 0.5) is 10.5 Å². The number of benzene rings is 2. The molecule has 4 rings (SSSR count). The first-order chi connectivity index (χ1) is 16.9. The van der Waals surface area contributed by atoms with Gasteiger partial charge in [0.05, 0.1) is 0 Å². The van der Waals surface area contributed by atoms with Gasteiger partial charge in [-0.3, -0.25) is 14.5 Å². The average molecular weight is 501 g/mol. The lowest BCUT2D eigenvalue weighted by atomic mass is 9.72. The minimum atomic E-state index is -0.818. The van der Waals surface area contributed by atoms with Crippen LogP contribution < -0.4 is 19.1 Å². The minimum absolute atomic E-state index is 0.131. The van der Waals surface area contributed by atoms with Gasteiger partial charge in [0.1, 0.15) is 11.2 Å². The van der Waals surface area contributed by atoms with Crippen LogP contribution in [0.15, 0.2) is 42.5 Å². The number of imide groups is 1. The molecule has 0 saturated carbocycles. The van der Waals surface area contributed by atoms with E-state index in [0.29, 0.717) is 47.9 Å². The van der Waals surface area contributed by atoms with Gasteiger partial charge < -0.3 is 14.2 Å². The molecular formula is C26H29ClN2O6. The van der Waals surface area contributed by atoms with Gasteiger partial charge in [-0.05, 0) is 67.3 Å². The number of β-lactam (4-membered cyclic amide) rings is 1. The monoisotopic (exact) mass is 500 g/mol. The SMILES string of the molecule is CCCCN(C(=O)N1C(=O)C(CC)(CC)C1Oc1ccc(C(=O)Cl)cc1)c1ccc2c(c1)OCO2. The number of urea groups is 1. The number of unbranched alkanes of at least 4 members (excludes halogenated alkanes) is 1. The van der Waals surface area contributed by atoms with E-state index in [1.807, 2.05) is 20.8 Å². The van der Waals surface area contributed by atoms with E-state index < -0.39 is 22.9 Å². The lowest BCUT2D eigenvalue weighted by Crippen LogP contribution is -2.74. The summed E-state index contributed by atoms with van der Waals surface area (Å²) in [6, 6.07) is 11.2. The van der Waals surface area contributed by atoms with Crippen molar-refractivity contribution in [1.29, 1.82) is 0 Å². The van der Waals surface area contributed by atoms with Crippen LogP contribution in [0.3, 0.4) is 0 Å². The van der Waals surface area contributed by atoms with Crippen molar-refractivity contribution in [3.8, 4) is 17.2 Å². The van der Waals surface area contributed by atoms with Gasteiger partial charge in [-0.1, -0.05) is 27.2 Å². The summed E-state index contributed by atoms with van der Waals surface area (Å²) in [7, 11) is 0. The van der Waals surface area contributed by atoms with E-state index in [1.165, 1.54) is 4.90 Å². The molecule has 2 aromatic rings. The average Bonchev–Trinajstić information content (AvgIpc) is 3.33. The standard InChI is InChI=1S/C26H29ClN2O6/c1-4-7-14-28(18-10-13-20-21(15-18)34-16-33-20)25(32)29-23(31)26(5-2,6-3)24(29)35-19-11-8-17(9-12-19)22(27)30/h8-13,15,24H,4-7,14,16H2,1-3H3. The maximum absolute atomic E-state index is 13.8. The van der Waals surface area contributed by atoms with Gasteiger partial charge in [-0.25, -0.2) is 9.69 Å². The summed E-state index contributed by atoms with van der Waals surface area (Å²) < 4.78 is 17.1. The molecule has 0 N–H and O–H groups in total. The molecule has 1 unspecified atom stereocenters. The van der Waals surface area contributed by atoms with E-state index in [9.17, 15) is 14.4 Å². The molecule has 0 aliphatic carbocycles. The van der Waals surface area contributed by atoms with Crippen LogP contribution in [0.5, 0.6) is 17.2 Å². The van der Waals surface area contributed by atoms with Gasteiger partial charge in [0, 0.05) is 23.9 Å². The molecule has 1 saturated heterocycles. The van der Waals surface area contributed by atoms with Gasteiger partial charge in [-0.15, -0.1) is 0 Å². The second-order valence-electron chi connectivity index (χ2n) is 8.63. The van der Waals surface area contributed by atoms with E-state index in [0.717, 1.165) is 12.8 Å². The number of carbonyl (C=O) groups excluding carboxylic acids is 3. The predicted octanol–water partition coefficient (Wildman–Crippen LogP) is 5.57. The summed E-state index contributed by atoms with van der Waals surface area (Å²) in [6.07, 6.45) is 1.89. The summed E-state index contributed by atoms with van der Waals surface area (Å²) in [5, 5.41) is -0.570. The summed E-state index contributed by atoms with van der Waals surface area (Å²) in [5.41, 5.74) is 0.138. The van der Waals surface area contributed by atoms with Crippen LogP contribution in [0.2, 0.25) is 0 Å². The molecule has 9 heteroatoms. The molecule has 8 nitrogen and oxygen atoms in total. The first-order valence-electron chi connectivity index (χ1n) is 11.9. The van der Waals surface area contributed by atoms with Crippen molar-refractivity contribution in [2.24, 2.45) is 5.41 Å². The molecular weight excluding hydrogens is 472 g/mol. The lowest BCUT2D eigenvalue weighted by Gasteiger charge is -2.54. The Kier molecular flexibility index (Phi) is 7.21. The summed E-state index contributed by atoms with van der Waals surface area (Å²) in [5.74, 6) is 1.36. The van der Waals surface area contributed by atoms with E-state index in [-0.39, 0.29) is 12.7 Å². The van der Waals surface area contributed by atoms with Crippen molar-refractivity contribution in [2.75, 3.05) is 18.2 Å². The highest BCUT2D eigenvalue weighted by Crippen LogP contribution is 2.47. The number of hydrogen-bond donors (Lipinski definition) is 0. The topological polar surface area (TPSA) is 85.4 Å². The van der Waals surface area contributed by atoms with Crippen LogP contribution in [-0.2, 0) is 4.79 Å². The normalized spacial score (nSPS) is 17.7. The van der Waals surface area contributed by atoms with Crippen molar-refractivity contribution < 1.29 is 28.6 Å². The van der Waals surface area contributed by atoms with Crippen LogP contribution >= 0.6 is 11.6 Å². The third-order valence-corrected chi connectivity index (χ3v) is 7.00. The van der Waals surface area contributed by atoms with E-state index in [1.54, 1.807) is 47.4 Å². The number of rotatable bonds is 9. The van der Waals surface area contributed by atoms with Crippen molar-refractivity contribution in [1.82, 2.24) is 4.90 Å². The maximum atomic E-state index is 13.8. The molecule has 2 heterocycles. The molecule has 0 bridgehead atoms. The number of hydrogen-bond acceptors (Lipinski definition) is 6. The number of carbonyl (C=O) groups is 3. The molecule has 2 aliphatic heterocycles. The molecule has 3 amide bonds. The van der Waals surface area contributed by atoms with Crippen LogP contribution in [0, 0.1) is 5.41 Å². The second-order valence-corrected chi connectivity index (χ2v) is 8.98. The maximum Gasteiger partial charge on any atom is 0.334 e. The number of halogens is 1. The predicted molar refractivity (Wildman–Crippen MR) is 131 cm³/mol. The first-order valence-corrected chi connectivity index (χ1v) is 12.3. The molecule has 2 aliphatic rings. The molecule has 35 heavy (non-hydrogen) atoms. The molecule has 2 aromatic carbocycles. The first kappa shape index (κ1) is 24.9. The van der Waals surface area contributed by atoms with Crippen LogP contribution in [0.1, 0.15) is 56.8 Å². The number of fused-ring (bicyclic) bond motifs is 1. The van der Waals surface area contributed by atoms with Crippen molar-refractivity contribution in [3.05, 3.63) is 48.0 Å². The van der Waals surface area contributed by atoms with Gasteiger partial charge in [-0.2, -0.15) is 0 Å². The van der Waals surface area contributed by atoms with Crippen LogP contribution in [0.25, 0.3) is 0 Å². The van der Waals surface area contributed by atoms with Gasteiger partial charge >= 0.3 is 6.03 Å². The Bertz CT molecular complexity index is 1120. The molecule has 0 radical (unpaired) electrons. The number of ether oxygens (including phenoxy) is 3. The Morgan fingerprint density at radius 3 is 2.40 bits per heavy atom. The fourth-order valence-electron chi connectivity index (χ4n) is 4.52. The summed E-state index contributed by atoms with van der Waals surface area (Å²) in [6.45, 7) is 6.44. The zero-order valence-electron chi connectivity index (χ0n) is 20.1.